The van der Waals surface area contributed by atoms with Gasteiger partial charge in [0.25, 0.3) is 0 Å². The fourth-order valence-corrected chi connectivity index (χ4v) is 8.58. The van der Waals surface area contributed by atoms with Gasteiger partial charge in [0.1, 0.15) is 11.6 Å². The van der Waals surface area contributed by atoms with Gasteiger partial charge in [0, 0.05) is 83.2 Å². The van der Waals surface area contributed by atoms with E-state index >= 15 is 0 Å². The molecule has 18 nitrogen and oxygen atoms in total. The molecule has 4 bridgehead atoms. The number of pyridine rings is 2. The molecule has 10 rings (SSSR count). The van der Waals surface area contributed by atoms with Gasteiger partial charge in [-0.05, 0) is 64.8 Å². The molecule has 0 aromatic carbocycles. The van der Waals surface area contributed by atoms with Crippen LogP contribution >= 0.6 is 0 Å². The number of urea groups is 1. The first kappa shape index (κ1) is 39.0. The standard InChI is InChI=1S/C20H25N7O2.C15H22N4O.C5H4N2O2/c1-13-10-26(11-14(2)29-13)18-4-3-16-19(24-18)27(15-5-8-25(16)12-15)20(28)23-17-9-21-6-7-22-17;1-10-7-19(8-11(2)20-10)14-4-3-13-15(17-14)16-12-5-6-18(13)9-12;8-5(9)4-3-6-1-2-7-4/h3-4,6-7,9,13-15H,5,8,10-12H2,1-2H3,(H,22,23,28);3-4,10-12H,5-9H2,1-2H3,(H,16,17);1-3H,(H,8,9)/t13-,14-,15+;10-,11-,12+;/m11./s1. The molecular weight excluding hydrogens is 743 g/mol. The molecule has 4 saturated heterocycles. The summed E-state index contributed by atoms with van der Waals surface area (Å²) in [5.41, 5.74) is 2.24. The van der Waals surface area contributed by atoms with Gasteiger partial charge in [-0.15, -0.1) is 0 Å². The third kappa shape index (κ3) is 8.67. The predicted octanol–water partition coefficient (Wildman–Crippen LogP) is 3.99. The van der Waals surface area contributed by atoms with Gasteiger partial charge in [-0.25, -0.2) is 29.5 Å². The van der Waals surface area contributed by atoms with Gasteiger partial charge in [0.15, 0.2) is 23.1 Å². The second-order valence-electron chi connectivity index (χ2n) is 15.6. The van der Waals surface area contributed by atoms with E-state index in [4.69, 9.17) is 24.5 Å². The minimum Gasteiger partial charge on any atom is -0.476 e. The van der Waals surface area contributed by atoms with E-state index in [9.17, 15) is 9.59 Å². The van der Waals surface area contributed by atoms with Crippen molar-refractivity contribution in [3.8, 4) is 0 Å². The molecule has 0 unspecified atom stereocenters. The van der Waals surface area contributed by atoms with Gasteiger partial charge >= 0.3 is 12.0 Å². The van der Waals surface area contributed by atoms with E-state index in [1.54, 1.807) is 23.5 Å². The van der Waals surface area contributed by atoms with Crippen LogP contribution in [0, 0.1) is 0 Å². The number of amides is 2. The molecule has 0 saturated carbocycles. The second kappa shape index (κ2) is 16.9. The van der Waals surface area contributed by atoms with Gasteiger partial charge in [-0.2, -0.15) is 0 Å². The molecule has 0 radical (unpaired) electrons. The lowest BCUT2D eigenvalue weighted by atomic mass is 10.1. The van der Waals surface area contributed by atoms with Crippen molar-refractivity contribution in [2.45, 2.75) is 77.0 Å². The van der Waals surface area contributed by atoms with Crippen LogP contribution in [0.3, 0.4) is 0 Å². The molecule has 4 aromatic rings. The highest BCUT2D eigenvalue weighted by molar-refractivity contribution is 6.04. The Bertz CT molecular complexity index is 2050. The molecule has 3 N–H and O–H groups in total. The molecule has 0 aliphatic carbocycles. The number of rotatable bonds is 4. The number of carboxylic acids is 1. The summed E-state index contributed by atoms with van der Waals surface area (Å²) in [5, 5.41) is 14.7. The Kier molecular flexibility index (Phi) is 11.4. The van der Waals surface area contributed by atoms with Gasteiger partial charge in [-0.3, -0.25) is 20.2 Å². The van der Waals surface area contributed by atoms with Crippen molar-refractivity contribution in [3.63, 3.8) is 0 Å². The van der Waals surface area contributed by atoms with Crippen LogP contribution in [0.25, 0.3) is 0 Å². The molecule has 6 atom stereocenters. The summed E-state index contributed by atoms with van der Waals surface area (Å²) < 4.78 is 11.7. The fourth-order valence-electron chi connectivity index (χ4n) is 8.58. The van der Waals surface area contributed by atoms with Crippen molar-refractivity contribution in [2.75, 3.05) is 87.5 Å². The number of aromatic nitrogens is 6. The van der Waals surface area contributed by atoms with Crippen LogP contribution < -0.4 is 35.1 Å². The van der Waals surface area contributed by atoms with E-state index in [0.717, 1.165) is 81.9 Å². The van der Waals surface area contributed by atoms with Gasteiger partial charge < -0.3 is 39.5 Å². The summed E-state index contributed by atoms with van der Waals surface area (Å²) in [4.78, 5) is 59.5. The number of carboxylic acid groups (broad SMARTS) is 1. The lowest BCUT2D eigenvalue weighted by Gasteiger charge is -2.39. The SMILES string of the molecule is C[C@@H]1CN(c2ccc3c(n2)N(C(=O)Nc2cnccn2)[C@H]2CCN3C2)C[C@@H](C)O1.C[C@@H]1CN(c2ccc3c(n2)N[C@H]2CCN3C2)C[C@@H](C)O1.O=C(O)c1cnccn1. The Morgan fingerprint density at radius 2 is 1.31 bits per heavy atom. The Hall–Kier alpha value is -5.88. The first-order valence-corrected chi connectivity index (χ1v) is 20.0. The van der Waals surface area contributed by atoms with Crippen LogP contribution in [0.4, 0.5) is 45.3 Å². The number of morpholine rings is 2. The van der Waals surface area contributed by atoms with Crippen molar-refractivity contribution in [2.24, 2.45) is 0 Å². The molecule has 6 aliphatic rings. The lowest BCUT2D eigenvalue weighted by Crippen LogP contribution is -2.49. The number of nitrogens with one attached hydrogen (secondary N) is 2. The zero-order valence-corrected chi connectivity index (χ0v) is 33.3. The minimum atomic E-state index is -1.05. The first-order chi connectivity index (χ1) is 28.1. The maximum Gasteiger partial charge on any atom is 0.356 e. The van der Waals surface area contributed by atoms with Crippen LogP contribution in [0.1, 0.15) is 51.0 Å². The van der Waals surface area contributed by atoms with Gasteiger partial charge in [-0.1, -0.05) is 0 Å². The highest BCUT2D eigenvalue weighted by Crippen LogP contribution is 2.41. The van der Waals surface area contributed by atoms with Crippen LogP contribution in [0.5, 0.6) is 0 Å². The second-order valence-corrected chi connectivity index (χ2v) is 15.6. The van der Waals surface area contributed by atoms with Crippen molar-refractivity contribution in [1.82, 2.24) is 29.9 Å². The van der Waals surface area contributed by atoms with Gasteiger partial charge in [0.2, 0.25) is 0 Å². The Morgan fingerprint density at radius 1 is 0.707 bits per heavy atom. The average Bonchev–Trinajstić information content (AvgIpc) is 3.82. The summed E-state index contributed by atoms with van der Waals surface area (Å²) in [5.74, 6) is 3.10. The molecule has 2 amide bonds. The number of fused-ring (bicyclic) bond motifs is 8. The van der Waals surface area contributed by atoms with E-state index in [2.05, 4.69) is 102 Å². The predicted molar refractivity (Wildman–Crippen MR) is 220 cm³/mol. The van der Waals surface area contributed by atoms with Crippen molar-refractivity contribution >= 4 is 52.5 Å². The molecule has 6 aliphatic heterocycles. The van der Waals surface area contributed by atoms with E-state index in [0.29, 0.717) is 17.7 Å². The van der Waals surface area contributed by atoms with Gasteiger partial charge in [0.05, 0.1) is 54.2 Å². The zero-order valence-electron chi connectivity index (χ0n) is 33.3. The minimum absolute atomic E-state index is 0.0301. The van der Waals surface area contributed by atoms with E-state index in [1.165, 1.54) is 30.7 Å². The summed E-state index contributed by atoms with van der Waals surface area (Å²) in [6, 6.07) is 8.98. The van der Waals surface area contributed by atoms with E-state index < -0.39 is 5.97 Å². The van der Waals surface area contributed by atoms with Crippen molar-refractivity contribution in [1.29, 1.82) is 0 Å². The molecule has 4 aromatic heterocycles. The molecule has 18 heteroatoms. The normalized spacial score (nSPS) is 25.3. The first-order valence-electron chi connectivity index (χ1n) is 20.0. The largest absolute Gasteiger partial charge is 0.476 e. The number of nitrogens with zero attached hydrogens (tertiary/aromatic N) is 11. The third-order valence-corrected chi connectivity index (χ3v) is 11.0. The Morgan fingerprint density at radius 3 is 1.91 bits per heavy atom. The summed E-state index contributed by atoms with van der Waals surface area (Å²) in [6.07, 6.45) is 11.6. The maximum atomic E-state index is 13.2. The molecular formula is C40H51N13O5. The fraction of sp³-hybridized carbons (Fsp3) is 0.500. The Balaban J connectivity index is 0.000000139. The Labute approximate surface area is 337 Å². The third-order valence-electron chi connectivity index (χ3n) is 11.0. The molecule has 306 valence electrons. The summed E-state index contributed by atoms with van der Waals surface area (Å²) >= 11 is 0. The van der Waals surface area contributed by atoms with Crippen LogP contribution in [0.15, 0.2) is 61.4 Å². The molecule has 58 heavy (non-hydrogen) atoms. The molecule has 4 fully saturated rings. The van der Waals surface area contributed by atoms with Crippen molar-refractivity contribution in [3.05, 3.63) is 67.1 Å². The number of hydrogen-bond donors (Lipinski definition) is 3. The number of carbonyl (C=O) groups excluding carboxylic acids is 1. The van der Waals surface area contributed by atoms with Crippen LogP contribution in [-0.2, 0) is 9.47 Å². The topological polar surface area (TPSA) is 190 Å². The smallest absolute Gasteiger partial charge is 0.356 e. The summed E-state index contributed by atoms with van der Waals surface area (Å²) in [7, 11) is 0. The number of hydrogen-bond acceptors (Lipinski definition) is 15. The highest BCUT2D eigenvalue weighted by Gasteiger charge is 2.41. The highest BCUT2D eigenvalue weighted by atomic mass is 16.5. The summed E-state index contributed by atoms with van der Waals surface area (Å²) in [6.45, 7) is 15.9. The molecule has 0 spiro atoms. The van der Waals surface area contributed by atoms with E-state index in [-0.39, 0.29) is 42.2 Å². The lowest BCUT2D eigenvalue weighted by molar-refractivity contribution is -0.00571. The zero-order chi connectivity index (χ0) is 40.3. The quantitative estimate of drug-likeness (QED) is 0.269. The average molecular weight is 794 g/mol. The maximum absolute atomic E-state index is 13.2. The van der Waals surface area contributed by atoms with E-state index in [1.807, 2.05) is 0 Å². The van der Waals surface area contributed by atoms with Crippen LogP contribution in [-0.4, -0.2) is 136 Å². The van der Waals surface area contributed by atoms with Crippen LogP contribution in [0.2, 0.25) is 0 Å². The van der Waals surface area contributed by atoms with Crippen molar-refractivity contribution < 1.29 is 24.2 Å². The number of carbonyl (C=O) groups is 2. The monoisotopic (exact) mass is 793 g/mol. The number of anilines is 7. The number of ether oxygens (including phenoxy) is 2. The number of aromatic carboxylic acids is 1. The molecule has 10 heterocycles.